The molecule has 0 amide bonds. The van der Waals surface area contributed by atoms with Crippen molar-refractivity contribution in [2.75, 3.05) is 0 Å². The number of halogens is 4. The highest BCUT2D eigenvalue weighted by molar-refractivity contribution is 9.10. The van der Waals surface area contributed by atoms with Crippen molar-refractivity contribution < 1.29 is 4.39 Å². The largest absolute Gasteiger partial charge is 0.233 e. The van der Waals surface area contributed by atoms with Gasteiger partial charge in [0.25, 0.3) is 0 Å². The molecule has 0 fully saturated rings. The third-order valence-electron chi connectivity index (χ3n) is 2.15. The van der Waals surface area contributed by atoms with E-state index < -0.39 is 5.82 Å². The lowest BCUT2D eigenvalue weighted by Crippen LogP contribution is -1.91. The first-order chi connectivity index (χ1) is 7.02. The molecular formula is C10H5BrCl2FN. The van der Waals surface area contributed by atoms with Crippen molar-refractivity contribution in [1.82, 2.24) is 4.98 Å². The molecule has 0 spiro atoms. The van der Waals surface area contributed by atoms with Crippen LogP contribution in [0.4, 0.5) is 4.39 Å². The van der Waals surface area contributed by atoms with E-state index in [1.54, 1.807) is 19.1 Å². The second-order valence-corrected chi connectivity index (χ2v) is 4.69. The van der Waals surface area contributed by atoms with Crippen LogP contribution in [0.3, 0.4) is 0 Å². The Morgan fingerprint density at radius 2 is 2.00 bits per heavy atom. The van der Waals surface area contributed by atoms with Gasteiger partial charge in [-0.25, -0.2) is 9.37 Å². The Kier molecular flexibility index (Phi) is 2.88. The summed E-state index contributed by atoms with van der Waals surface area (Å²) < 4.78 is 14.0. The maximum Gasteiger partial charge on any atom is 0.163 e. The van der Waals surface area contributed by atoms with E-state index in [-0.39, 0.29) is 10.7 Å². The van der Waals surface area contributed by atoms with Crippen molar-refractivity contribution in [2.24, 2.45) is 0 Å². The van der Waals surface area contributed by atoms with E-state index in [9.17, 15) is 4.39 Å². The Morgan fingerprint density at radius 1 is 1.33 bits per heavy atom. The van der Waals surface area contributed by atoms with E-state index in [1.165, 1.54) is 0 Å². The lowest BCUT2D eigenvalue weighted by Gasteiger charge is -2.06. The van der Waals surface area contributed by atoms with Gasteiger partial charge in [0.05, 0.1) is 9.50 Å². The lowest BCUT2D eigenvalue weighted by atomic mass is 10.1. The molecule has 0 saturated carbocycles. The molecule has 0 aliphatic carbocycles. The summed E-state index contributed by atoms with van der Waals surface area (Å²) in [5.41, 5.74) is 0.845. The van der Waals surface area contributed by atoms with Crippen LogP contribution in [0.1, 0.15) is 5.56 Å². The average molecular weight is 309 g/mol. The Morgan fingerprint density at radius 3 is 2.67 bits per heavy atom. The summed E-state index contributed by atoms with van der Waals surface area (Å²) in [6.45, 7) is 1.75. The quantitative estimate of drug-likeness (QED) is 0.640. The molecule has 0 aliphatic rings. The second kappa shape index (κ2) is 3.89. The van der Waals surface area contributed by atoms with Gasteiger partial charge in [-0.3, -0.25) is 0 Å². The molecule has 0 radical (unpaired) electrons. The predicted molar refractivity (Wildman–Crippen MR) is 64.2 cm³/mol. The van der Waals surface area contributed by atoms with Gasteiger partial charge in [-0.15, -0.1) is 0 Å². The number of nitrogens with zero attached hydrogens (tertiary/aromatic N) is 1. The molecule has 0 saturated heterocycles. The first-order valence-corrected chi connectivity index (χ1v) is 5.66. The number of rotatable bonds is 0. The second-order valence-electron chi connectivity index (χ2n) is 3.10. The van der Waals surface area contributed by atoms with Crippen LogP contribution >= 0.6 is 39.1 Å². The van der Waals surface area contributed by atoms with Crippen LogP contribution < -0.4 is 0 Å². The molecule has 78 valence electrons. The van der Waals surface area contributed by atoms with E-state index in [0.29, 0.717) is 20.4 Å². The molecule has 2 rings (SSSR count). The summed E-state index contributed by atoms with van der Waals surface area (Å²) >= 11 is 15.0. The topological polar surface area (TPSA) is 12.9 Å². The fourth-order valence-electron chi connectivity index (χ4n) is 1.30. The Labute approximate surface area is 104 Å². The minimum atomic E-state index is -0.448. The van der Waals surface area contributed by atoms with Crippen molar-refractivity contribution in [3.8, 4) is 0 Å². The van der Waals surface area contributed by atoms with Gasteiger partial charge < -0.3 is 0 Å². The van der Waals surface area contributed by atoms with Gasteiger partial charge in [-0.2, -0.15) is 0 Å². The standard InChI is InChI=1S/C10H5BrCl2FN/c1-4-7(12)5-2-3-6(11)8(14)9(5)15-10(4)13/h2-3H,1H3. The summed E-state index contributed by atoms with van der Waals surface area (Å²) in [5.74, 6) is -0.448. The number of fused-ring (bicyclic) bond motifs is 1. The first-order valence-electron chi connectivity index (χ1n) is 4.11. The maximum atomic E-state index is 13.7. The van der Waals surface area contributed by atoms with Gasteiger partial charge >= 0.3 is 0 Å². The van der Waals surface area contributed by atoms with Crippen LogP contribution in [0, 0.1) is 12.7 Å². The first kappa shape index (κ1) is 11.1. The van der Waals surface area contributed by atoms with Crippen LogP contribution in [0.5, 0.6) is 0 Å². The maximum absolute atomic E-state index is 13.7. The molecule has 0 unspecified atom stereocenters. The van der Waals surface area contributed by atoms with E-state index in [1.807, 2.05) is 0 Å². The summed E-state index contributed by atoms with van der Waals surface area (Å²) in [4.78, 5) is 3.97. The SMILES string of the molecule is Cc1c(Cl)nc2c(F)c(Br)ccc2c1Cl. The van der Waals surface area contributed by atoms with Gasteiger partial charge in [0.1, 0.15) is 10.7 Å². The van der Waals surface area contributed by atoms with Gasteiger partial charge in [0.2, 0.25) is 0 Å². The van der Waals surface area contributed by atoms with Crippen LogP contribution in [0.25, 0.3) is 10.9 Å². The third-order valence-corrected chi connectivity index (χ3v) is 3.62. The van der Waals surface area contributed by atoms with Crippen molar-refractivity contribution in [2.45, 2.75) is 6.92 Å². The van der Waals surface area contributed by atoms with Crippen LogP contribution in [-0.4, -0.2) is 4.98 Å². The predicted octanol–water partition coefficient (Wildman–Crippen LogP) is 4.75. The number of benzene rings is 1. The van der Waals surface area contributed by atoms with E-state index in [0.717, 1.165) is 0 Å². The van der Waals surface area contributed by atoms with Crippen LogP contribution in [0.15, 0.2) is 16.6 Å². The highest BCUT2D eigenvalue weighted by atomic mass is 79.9. The lowest BCUT2D eigenvalue weighted by molar-refractivity contribution is 0.630. The molecular weight excluding hydrogens is 304 g/mol. The smallest absolute Gasteiger partial charge is 0.163 e. The molecule has 1 heterocycles. The van der Waals surface area contributed by atoms with Crippen LogP contribution in [-0.2, 0) is 0 Å². The Balaban J connectivity index is 2.98. The summed E-state index contributed by atoms with van der Waals surface area (Å²) in [6.07, 6.45) is 0. The molecule has 0 N–H and O–H groups in total. The number of pyridine rings is 1. The average Bonchev–Trinajstić information content (AvgIpc) is 2.21. The van der Waals surface area contributed by atoms with Crippen molar-refractivity contribution in [3.05, 3.63) is 38.2 Å². The molecule has 1 aromatic heterocycles. The van der Waals surface area contributed by atoms with Gasteiger partial charge in [-0.1, -0.05) is 23.2 Å². The van der Waals surface area contributed by atoms with Crippen LogP contribution in [0.2, 0.25) is 10.2 Å². The normalized spacial score (nSPS) is 11.0. The van der Waals surface area contributed by atoms with Crippen molar-refractivity contribution in [3.63, 3.8) is 0 Å². The zero-order chi connectivity index (χ0) is 11.2. The molecule has 1 nitrogen and oxygen atoms in total. The van der Waals surface area contributed by atoms with Gasteiger partial charge in [-0.05, 0) is 35.0 Å². The minimum Gasteiger partial charge on any atom is -0.233 e. The number of aromatic nitrogens is 1. The monoisotopic (exact) mass is 307 g/mol. The van der Waals surface area contributed by atoms with E-state index >= 15 is 0 Å². The third kappa shape index (κ3) is 1.73. The summed E-state index contributed by atoms with van der Waals surface area (Å²) in [6, 6.07) is 3.31. The fraction of sp³-hybridized carbons (Fsp3) is 0.100. The van der Waals surface area contributed by atoms with E-state index in [4.69, 9.17) is 23.2 Å². The zero-order valence-corrected chi connectivity index (χ0v) is 10.7. The molecule has 15 heavy (non-hydrogen) atoms. The number of hydrogen-bond donors (Lipinski definition) is 0. The Hall–Kier alpha value is -0.380. The Bertz CT molecular complexity index is 557. The molecule has 2 aromatic rings. The van der Waals surface area contributed by atoms with Gasteiger partial charge in [0, 0.05) is 10.9 Å². The van der Waals surface area contributed by atoms with E-state index in [2.05, 4.69) is 20.9 Å². The highest BCUT2D eigenvalue weighted by Crippen LogP contribution is 2.33. The molecule has 1 aromatic carbocycles. The summed E-state index contributed by atoms with van der Waals surface area (Å²) in [5, 5.41) is 1.24. The minimum absolute atomic E-state index is 0.185. The molecule has 0 bridgehead atoms. The van der Waals surface area contributed by atoms with Crippen molar-refractivity contribution >= 4 is 50.0 Å². The molecule has 0 atom stereocenters. The zero-order valence-electron chi connectivity index (χ0n) is 7.61. The highest BCUT2D eigenvalue weighted by Gasteiger charge is 2.13. The molecule has 0 aliphatic heterocycles. The molecule has 5 heteroatoms. The van der Waals surface area contributed by atoms with Gasteiger partial charge in [0.15, 0.2) is 5.82 Å². The summed E-state index contributed by atoms with van der Waals surface area (Å²) in [7, 11) is 0. The fourth-order valence-corrected chi connectivity index (χ4v) is 2.09. The number of hydrogen-bond acceptors (Lipinski definition) is 1. The van der Waals surface area contributed by atoms with Crippen molar-refractivity contribution in [1.29, 1.82) is 0 Å².